The Kier molecular flexibility index (Phi) is 5.10. The second-order valence-corrected chi connectivity index (χ2v) is 5.49. The van der Waals surface area contributed by atoms with Gasteiger partial charge in [-0.05, 0) is 61.6 Å². The molecular formula is C19H22N2O. The number of nitrogens with one attached hydrogen (secondary N) is 1. The SMILES string of the molecule is CCc1ccc(C(C)=NNC(=O)c2ccc(C)c(C)c2)cc1. The Morgan fingerprint density at radius 3 is 2.23 bits per heavy atom. The number of rotatable bonds is 4. The maximum atomic E-state index is 12.1. The zero-order chi connectivity index (χ0) is 16.1. The molecule has 0 aliphatic carbocycles. The molecule has 3 nitrogen and oxygen atoms in total. The smallest absolute Gasteiger partial charge is 0.267 e. The minimum atomic E-state index is -0.187. The number of amides is 1. The largest absolute Gasteiger partial charge is 0.271 e. The first-order chi connectivity index (χ1) is 10.5. The number of nitrogens with zero attached hydrogens (tertiary/aromatic N) is 1. The maximum absolute atomic E-state index is 12.1. The van der Waals surface area contributed by atoms with Crippen LogP contribution in [0, 0.1) is 13.8 Å². The van der Waals surface area contributed by atoms with Gasteiger partial charge >= 0.3 is 0 Å². The van der Waals surface area contributed by atoms with Gasteiger partial charge in [0.15, 0.2) is 0 Å². The molecule has 0 atom stereocenters. The lowest BCUT2D eigenvalue weighted by Gasteiger charge is -2.06. The molecule has 2 rings (SSSR count). The van der Waals surface area contributed by atoms with Crippen molar-refractivity contribution in [3.05, 3.63) is 70.3 Å². The molecule has 2 aromatic rings. The molecule has 1 N–H and O–H groups in total. The highest BCUT2D eigenvalue weighted by molar-refractivity contribution is 6.00. The van der Waals surface area contributed by atoms with Crippen LogP contribution in [-0.2, 0) is 6.42 Å². The van der Waals surface area contributed by atoms with Gasteiger partial charge in [0.2, 0.25) is 0 Å². The van der Waals surface area contributed by atoms with E-state index in [1.165, 1.54) is 11.1 Å². The maximum Gasteiger partial charge on any atom is 0.271 e. The van der Waals surface area contributed by atoms with Crippen molar-refractivity contribution in [3.63, 3.8) is 0 Å². The van der Waals surface area contributed by atoms with Crippen LogP contribution in [0.2, 0.25) is 0 Å². The average molecular weight is 294 g/mol. The summed E-state index contributed by atoms with van der Waals surface area (Å²) in [6.45, 7) is 8.04. The second-order valence-electron chi connectivity index (χ2n) is 5.49. The Hall–Kier alpha value is -2.42. The summed E-state index contributed by atoms with van der Waals surface area (Å²) in [7, 11) is 0. The summed E-state index contributed by atoms with van der Waals surface area (Å²) >= 11 is 0. The van der Waals surface area contributed by atoms with Crippen molar-refractivity contribution in [2.75, 3.05) is 0 Å². The number of hydrogen-bond donors (Lipinski definition) is 1. The Balaban J connectivity index is 2.08. The molecule has 0 bridgehead atoms. The fourth-order valence-electron chi connectivity index (χ4n) is 2.13. The molecule has 0 saturated carbocycles. The van der Waals surface area contributed by atoms with Crippen LogP contribution >= 0.6 is 0 Å². The van der Waals surface area contributed by atoms with Gasteiger partial charge in [0.25, 0.3) is 5.91 Å². The number of hydrazone groups is 1. The quantitative estimate of drug-likeness (QED) is 0.671. The molecule has 0 aliphatic rings. The highest BCUT2D eigenvalue weighted by Crippen LogP contribution is 2.10. The number of hydrogen-bond acceptors (Lipinski definition) is 2. The monoisotopic (exact) mass is 294 g/mol. The predicted molar refractivity (Wildman–Crippen MR) is 91.4 cm³/mol. The van der Waals surface area contributed by atoms with Gasteiger partial charge in [-0.2, -0.15) is 5.10 Å². The van der Waals surface area contributed by atoms with Crippen molar-refractivity contribution < 1.29 is 4.79 Å². The Morgan fingerprint density at radius 2 is 1.64 bits per heavy atom. The molecular weight excluding hydrogens is 272 g/mol. The van der Waals surface area contributed by atoms with E-state index in [4.69, 9.17) is 0 Å². The van der Waals surface area contributed by atoms with Crippen LogP contribution in [0.5, 0.6) is 0 Å². The number of carbonyl (C=O) groups is 1. The molecule has 0 spiro atoms. The third-order valence-electron chi connectivity index (χ3n) is 3.87. The van der Waals surface area contributed by atoms with Crippen LogP contribution in [0.3, 0.4) is 0 Å². The molecule has 0 saturated heterocycles. The summed E-state index contributed by atoms with van der Waals surface area (Å²) in [5, 5.41) is 4.20. The second kappa shape index (κ2) is 7.03. The van der Waals surface area contributed by atoms with E-state index >= 15 is 0 Å². The summed E-state index contributed by atoms with van der Waals surface area (Å²) in [4.78, 5) is 12.1. The Bertz CT molecular complexity index is 700. The minimum Gasteiger partial charge on any atom is -0.267 e. The van der Waals surface area contributed by atoms with Crippen molar-refractivity contribution in [3.8, 4) is 0 Å². The van der Waals surface area contributed by atoms with E-state index in [1.54, 1.807) is 0 Å². The topological polar surface area (TPSA) is 41.5 Å². The first-order valence-corrected chi connectivity index (χ1v) is 7.52. The summed E-state index contributed by atoms with van der Waals surface area (Å²) in [5.41, 5.74) is 8.61. The van der Waals surface area contributed by atoms with Gasteiger partial charge in [-0.15, -0.1) is 0 Å². The van der Waals surface area contributed by atoms with Crippen molar-refractivity contribution in [1.82, 2.24) is 5.43 Å². The molecule has 2 aromatic carbocycles. The lowest BCUT2D eigenvalue weighted by Crippen LogP contribution is -2.19. The van der Waals surface area contributed by atoms with Gasteiger partial charge in [0.1, 0.15) is 0 Å². The summed E-state index contributed by atoms with van der Waals surface area (Å²) in [6.07, 6.45) is 1.01. The van der Waals surface area contributed by atoms with E-state index < -0.39 is 0 Å². The fourth-order valence-corrected chi connectivity index (χ4v) is 2.13. The predicted octanol–water partition coefficient (Wildman–Crippen LogP) is 4.02. The molecule has 0 aromatic heterocycles. The summed E-state index contributed by atoms with van der Waals surface area (Å²) < 4.78 is 0. The number of aryl methyl sites for hydroxylation is 3. The van der Waals surface area contributed by atoms with Crippen molar-refractivity contribution >= 4 is 11.6 Å². The Morgan fingerprint density at radius 1 is 1.00 bits per heavy atom. The first kappa shape index (κ1) is 16.0. The fraction of sp³-hybridized carbons (Fsp3) is 0.263. The minimum absolute atomic E-state index is 0.187. The van der Waals surface area contributed by atoms with E-state index in [1.807, 2.05) is 51.1 Å². The molecule has 3 heteroatoms. The van der Waals surface area contributed by atoms with E-state index in [0.717, 1.165) is 23.3 Å². The summed E-state index contributed by atoms with van der Waals surface area (Å²) in [6, 6.07) is 13.9. The van der Waals surface area contributed by atoms with E-state index in [9.17, 15) is 4.79 Å². The van der Waals surface area contributed by atoms with Crippen LogP contribution < -0.4 is 5.43 Å². The van der Waals surface area contributed by atoms with Crippen LogP contribution in [0.4, 0.5) is 0 Å². The molecule has 22 heavy (non-hydrogen) atoms. The lowest BCUT2D eigenvalue weighted by atomic mass is 10.1. The van der Waals surface area contributed by atoms with Crippen LogP contribution in [0.15, 0.2) is 47.6 Å². The standard InChI is InChI=1S/C19H22N2O/c1-5-16-7-10-17(11-8-16)15(4)20-21-19(22)18-9-6-13(2)14(3)12-18/h6-12H,5H2,1-4H3,(H,21,22). The third-order valence-corrected chi connectivity index (χ3v) is 3.87. The Labute approximate surface area is 132 Å². The molecule has 1 amide bonds. The lowest BCUT2D eigenvalue weighted by molar-refractivity contribution is 0.0954. The molecule has 0 unspecified atom stereocenters. The van der Waals surface area contributed by atoms with Gasteiger partial charge < -0.3 is 0 Å². The number of carbonyl (C=O) groups excluding carboxylic acids is 1. The van der Waals surface area contributed by atoms with Crippen molar-refractivity contribution in [1.29, 1.82) is 0 Å². The first-order valence-electron chi connectivity index (χ1n) is 7.52. The van der Waals surface area contributed by atoms with Gasteiger partial charge in [-0.3, -0.25) is 4.79 Å². The van der Waals surface area contributed by atoms with Crippen LogP contribution in [-0.4, -0.2) is 11.6 Å². The van der Waals surface area contributed by atoms with Gasteiger partial charge in [0, 0.05) is 5.56 Å². The van der Waals surface area contributed by atoms with Crippen molar-refractivity contribution in [2.45, 2.75) is 34.1 Å². The molecule has 0 radical (unpaired) electrons. The van der Waals surface area contributed by atoms with Crippen LogP contribution in [0.1, 0.15) is 46.5 Å². The normalized spacial score (nSPS) is 11.4. The molecule has 0 aliphatic heterocycles. The van der Waals surface area contributed by atoms with E-state index in [0.29, 0.717) is 5.56 Å². The average Bonchev–Trinajstić information content (AvgIpc) is 2.54. The van der Waals surface area contributed by atoms with Gasteiger partial charge in [-0.25, -0.2) is 5.43 Å². The highest BCUT2D eigenvalue weighted by Gasteiger charge is 2.06. The van der Waals surface area contributed by atoms with Gasteiger partial charge in [0.05, 0.1) is 5.71 Å². The zero-order valence-electron chi connectivity index (χ0n) is 13.6. The molecule has 0 heterocycles. The van der Waals surface area contributed by atoms with Crippen molar-refractivity contribution in [2.24, 2.45) is 5.10 Å². The highest BCUT2D eigenvalue weighted by atomic mass is 16.2. The van der Waals surface area contributed by atoms with Crippen LogP contribution in [0.25, 0.3) is 0 Å². The zero-order valence-corrected chi connectivity index (χ0v) is 13.6. The summed E-state index contributed by atoms with van der Waals surface area (Å²) in [5.74, 6) is -0.187. The molecule has 0 fully saturated rings. The number of benzene rings is 2. The van der Waals surface area contributed by atoms with Gasteiger partial charge in [-0.1, -0.05) is 37.3 Å². The van der Waals surface area contributed by atoms with E-state index in [2.05, 4.69) is 29.6 Å². The molecule has 114 valence electrons. The van der Waals surface area contributed by atoms with E-state index in [-0.39, 0.29) is 5.91 Å². The third kappa shape index (κ3) is 3.82.